The van der Waals surface area contributed by atoms with Crippen molar-refractivity contribution in [1.29, 1.82) is 0 Å². The van der Waals surface area contributed by atoms with Crippen molar-refractivity contribution < 1.29 is 9.18 Å². The lowest BCUT2D eigenvalue weighted by Crippen LogP contribution is -2.13. The zero-order chi connectivity index (χ0) is 16.1. The minimum atomic E-state index is -0.245. The Morgan fingerprint density at radius 2 is 2.04 bits per heavy atom. The smallest absolute Gasteiger partial charge is 0.225 e. The molecule has 23 heavy (non-hydrogen) atoms. The Morgan fingerprint density at radius 1 is 1.26 bits per heavy atom. The first-order chi connectivity index (χ1) is 11.2. The topological polar surface area (TPSA) is 46.9 Å². The fourth-order valence-corrected chi connectivity index (χ4v) is 3.16. The number of rotatable bonds is 6. The number of hydrogen-bond donors (Lipinski definition) is 1. The van der Waals surface area contributed by atoms with Crippen LogP contribution in [0.3, 0.4) is 0 Å². The molecule has 1 aliphatic rings. The number of aromatic nitrogens is 2. The summed E-state index contributed by atoms with van der Waals surface area (Å²) >= 11 is 0. The number of amides is 1. The van der Waals surface area contributed by atoms with Crippen LogP contribution < -0.4 is 5.32 Å². The van der Waals surface area contributed by atoms with Crippen LogP contribution in [0.1, 0.15) is 44.1 Å². The van der Waals surface area contributed by atoms with Crippen molar-refractivity contribution >= 4 is 11.7 Å². The first kappa shape index (κ1) is 15.7. The molecule has 1 fully saturated rings. The van der Waals surface area contributed by atoms with Gasteiger partial charge in [-0.1, -0.05) is 43.9 Å². The van der Waals surface area contributed by atoms with Gasteiger partial charge < -0.3 is 5.32 Å². The van der Waals surface area contributed by atoms with Crippen LogP contribution in [0.25, 0.3) is 0 Å². The molecular weight excluding hydrogens is 293 g/mol. The molecule has 1 aromatic heterocycles. The number of carbonyl (C=O) groups excluding carboxylic acids is 1. The van der Waals surface area contributed by atoms with E-state index in [1.807, 2.05) is 0 Å². The minimum absolute atomic E-state index is 0.00745. The average Bonchev–Trinajstić information content (AvgIpc) is 3.19. The van der Waals surface area contributed by atoms with Gasteiger partial charge in [-0.05, 0) is 18.4 Å². The van der Waals surface area contributed by atoms with Gasteiger partial charge in [0.1, 0.15) is 5.82 Å². The van der Waals surface area contributed by atoms with Gasteiger partial charge in [-0.3, -0.25) is 9.48 Å². The number of halogens is 1. The highest BCUT2D eigenvalue weighted by Gasteiger charge is 2.16. The maximum atomic E-state index is 13.6. The number of anilines is 1. The van der Waals surface area contributed by atoms with E-state index in [0.29, 0.717) is 30.3 Å². The molecule has 5 heteroatoms. The van der Waals surface area contributed by atoms with Gasteiger partial charge in [0.15, 0.2) is 5.82 Å². The molecule has 1 saturated carbocycles. The van der Waals surface area contributed by atoms with Crippen molar-refractivity contribution in [3.8, 4) is 0 Å². The molecule has 1 N–H and O–H groups in total. The Morgan fingerprint density at radius 3 is 2.83 bits per heavy atom. The molecule has 0 atom stereocenters. The van der Waals surface area contributed by atoms with E-state index in [1.54, 1.807) is 35.1 Å². The van der Waals surface area contributed by atoms with Crippen LogP contribution in [0.15, 0.2) is 36.5 Å². The first-order valence-electron chi connectivity index (χ1n) is 8.27. The van der Waals surface area contributed by atoms with Crippen molar-refractivity contribution in [2.45, 2.75) is 45.1 Å². The van der Waals surface area contributed by atoms with E-state index >= 15 is 0 Å². The van der Waals surface area contributed by atoms with E-state index in [9.17, 15) is 9.18 Å². The van der Waals surface area contributed by atoms with Crippen LogP contribution in [-0.4, -0.2) is 15.7 Å². The number of benzene rings is 1. The Kier molecular flexibility index (Phi) is 5.05. The zero-order valence-corrected chi connectivity index (χ0v) is 13.2. The molecule has 0 aliphatic heterocycles. The highest BCUT2D eigenvalue weighted by atomic mass is 19.1. The first-order valence-corrected chi connectivity index (χ1v) is 8.27. The average molecular weight is 315 g/mol. The Labute approximate surface area is 135 Å². The van der Waals surface area contributed by atoms with Crippen LogP contribution >= 0.6 is 0 Å². The highest BCUT2D eigenvalue weighted by Crippen LogP contribution is 2.28. The third-order valence-electron chi connectivity index (χ3n) is 4.45. The quantitative estimate of drug-likeness (QED) is 0.876. The van der Waals surface area contributed by atoms with Crippen LogP contribution in [0.2, 0.25) is 0 Å². The fourth-order valence-electron chi connectivity index (χ4n) is 3.16. The minimum Gasteiger partial charge on any atom is -0.309 e. The second-order valence-corrected chi connectivity index (χ2v) is 6.23. The summed E-state index contributed by atoms with van der Waals surface area (Å²) in [5.74, 6) is 0.996. The standard InChI is InChI=1S/C18H22FN3O/c19-16-8-4-3-7-15(16)13-22-12-11-17(21-22)20-18(23)10-9-14-5-1-2-6-14/h3-4,7-8,11-12,14H,1-2,5-6,9-10,13H2,(H,20,21,23). The third-order valence-corrected chi connectivity index (χ3v) is 4.45. The summed E-state index contributed by atoms with van der Waals surface area (Å²) in [4.78, 5) is 12.0. The van der Waals surface area contributed by atoms with Crippen LogP contribution in [0, 0.1) is 11.7 Å². The Bertz CT molecular complexity index is 662. The van der Waals surface area contributed by atoms with Gasteiger partial charge in [-0.25, -0.2) is 4.39 Å². The molecule has 2 aromatic rings. The molecule has 1 aromatic carbocycles. The zero-order valence-electron chi connectivity index (χ0n) is 13.2. The van der Waals surface area contributed by atoms with E-state index in [4.69, 9.17) is 0 Å². The monoisotopic (exact) mass is 315 g/mol. The predicted octanol–water partition coefficient (Wildman–Crippen LogP) is 3.98. The highest BCUT2D eigenvalue weighted by molar-refractivity contribution is 5.89. The summed E-state index contributed by atoms with van der Waals surface area (Å²) in [7, 11) is 0. The second kappa shape index (κ2) is 7.40. The van der Waals surface area contributed by atoms with Gasteiger partial charge in [-0.15, -0.1) is 0 Å². The molecule has 1 heterocycles. The molecule has 0 saturated heterocycles. The summed E-state index contributed by atoms with van der Waals surface area (Å²) in [5, 5.41) is 7.11. The molecule has 4 nitrogen and oxygen atoms in total. The van der Waals surface area contributed by atoms with Crippen LogP contribution in [0.4, 0.5) is 10.2 Å². The summed E-state index contributed by atoms with van der Waals surface area (Å²) in [6.07, 6.45) is 8.36. The number of nitrogens with zero attached hydrogens (tertiary/aromatic N) is 2. The van der Waals surface area contributed by atoms with Gasteiger partial charge in [0.05, 0.1) is 6.54 Å². The summed E-state index contributed by atoms with van der Waals surface area (Å²) in [6.45, 7) is 0.352. The van der Waals surface area contributed by atoms with E-state index in [-0.39, 0.29) is 11.7 Å². The van der Waals surface area contributed by atoms with Gasteiger partial charge in [0.2, 0.25) is 5.91 Å². The van der Waals surface area contributed by atoms with Gasteiger partial charge in [0, 0.05) is 24.2 Å². The fraction of sp³-hybridized carbons (Fsp3) is 0.444. The third kappa shape index (κ3) is 4.41. The molecule has 1 amide bonds. The number of carbonyl (C=O) groups is 1. The molecule has 122 valence electrons. The summed E-state index contributed by atoms with van der Waals surface area (Å²) in [6, 6.07) is 8.38. The van der Waals surface area contributed by atoms with E-state index in [1.165, 1.54) is 31.7 Å². The molecule has 3 rings (SSSR count). The summed E-state index contributed by atoms with van der Waals surface area (Å²) < 4.78 is 15.3. The van der Waals surface area contributed by atoms with Crippen molar-refractivity contribution in [2.75, 3.05) is 5.32 Å². The normalized spacial score (nSPS) is 15.0. The lowest BCUT2D eigenvalue weighted by atomic mass is 10.0. The maximum absolute atomic E-state index is 13.6. The van der Waals surface area contributed by atoms with E-state index in [2.05, 4.69) is 10.4 Å². The van der Waals surface area contributed by atoms with E-state index < -0.39 is 0 Å². The molecule has 0 unspecified atom stereocenters. The maximum Gasteiger partial charge on any atom is 0.225 e. The van der Waals surface area contributed by atoms with Gasteiger partial charge in [-0.2, -0.15) is 5.10 Å². The SMILES string of the molecule is O=C(CCC1CCCC1)Nc1ccn(Cc2ccccc2F)n1. The van der Waals surface area contributed by atoms with Crippen LogP contribution in [-0.2, 0) is 11.3 Å². The number of nitrogens with one attached hydrogen (secondary N) is 1. The Hall–Kier alpha value is -2.17. The summed E-state index contributed by atoms with van der Waals surface area (Å²) in [5.41, 5.74) is 0.578. The lowest BCUT2D eigenvalue weighted by molar-refractivity contribution is -0.116. The van der Waals surface area contributed by atoms with Gasteiger partial charge in [0.25, 0.3) is 0 Å². The Balaban J connectivity index is 1.50. The molecule has 0 radical (unpaired) electrons. The molecule has 0 spiro atoms. The van der Waals surface area contributed by atoms with Crippen molar-refractivity contribution in [2.24, 2.45) is 5.92 Å². The second-order valence-electron chi connectivity index (χ2n) is 6.23. The van der Waals surface area contributed by atoms with E-state index in [0.717, 1.165) is 6.42 Å². The predicted molar refractivity (Wildman–Crippen MR) is 87.6 cm³/mol. The largest absolute Gasteiger partial charge is 0.309 e. The van der Waals surface area contributed by atoms with Crippen molar-refractivity contribution in [3.05, 3.63) is 47.9 Å². The van der Waals surface area contributed by atoms with Gasteiger partial charge >= 0.3 is 0 Å². The van der Waals surface area contributed by atoms with Crippen molar-refractivity contribution in [1.82, 2.24) is 9.78 Å². The molecule has 1 aliphatic carbocycles. The molecule has 0 bridgehead atoms. The lowest BCUT2D eigenvalue weighted by Gasteiger charge is -2.08. The van der Waals surface area contributed by atoms with Crippen LogP contribution in [0.5, 0.6) is 0 Å². The molecular formula is C18H22FN3O. The van der Waals surface area contributed by atoms with Crippen molar-refractivity contribution in [3.63, 3.8) is 0 Å². The number of hydrogen-bond acceptors (Lipinski definition) is 2.